The number of hydrogen-bond donors (Lipinski definition) is 2. The standard InChI is InChI=1S/C15H29N3O2/c1-12-10-18-8-4-6-13(18)11-17(12)9-5-7-15(2,16-3)14(19)20/h12-13,16H,4-11H2,1-3H3,(H,19,20). The first-order chi connectivity index (χ1) is 9.46. The van der Waals surface area contributed by atoms with E-state index >= 15 is 0 Å². The number of hydrogen-bond acceptors (Lipinski definition) is 4. The molecule has 0 saturated carbocycles. The van der Waals surface area contributed by atoms with Crippen molar-refractivity contribution in [1.29, 1.82) is 0 Å². The zero-order valence-electron chi connectivity index (χ0n) is 13.1. The minimum absolute atomic E-state index is 0.593. The molecule has 2 aliphatic rings. The minimum Gasteiger partial charge on any atom is -0.480 e. The molecule has 5 heteroatoms. The molecule has 0 aromatic heterocycles. The van der Waals surface area contributed by atoms with Crippen LogP contribution in [-0.4, -0.2) is 71.7 Å². The van der Waals surface area contributed by atoms with Gasteiger partial charge in [-0.15, -0.1) is 0 Å². The SMILES string of the molecule is CNC(C)(CCCN1CC2CCCN2CC1C)C(=O)O. The van der Waals surface area contributed by atoms with Gasteiger partial charge in [-0.1, -0.05) is 0 Å². The van der Waals surface area contributed by atoms with Crippen LogP contribution in [0.15, 0.2) is 0 Å². The largest absolute Gasteiger partial charge is 0.480 e. The molecule has 0 spiro atoms. The molecule has 2 rings (SSSR count). The molecule has 20 heavy (non-hydrogen) atoms. The summed E-state index contributed by atoms with van der Waals surface area (Å²) in [6, 6.07) is 1.33. The first-order valence-corrected chi connectivity index (χ1v) is 7.86. The second kappa shape index (κ2) is 6.41. The Morgan fingerprint density at radius 1 is 1.45 bits per heavy atom. The van der Waals surface area contributed by atoms with Crippen molar-refractivity contribution in [3.8, 4) is 0 Å². The van der Waals surface area contributed by atoms with Gasteiger partial charge < -0.3 is 10.4 Å². The highest BCUT2D eigenvalue weighted by molar-refractivity contribution is 5.78. The minimum atomic E-state index is -0.793. The van der Waals surface area contributed by atoms with E-state index in [1.165, 1.54) is 25.9 Å². The first-order valence-electron chi connectivity index (χ1n) is 7.86. The van der Waals surface area contributed by atoms with Crippen molar-refractivity contribution in [2.24, 2.45) is 0 Å². The first kappa shape index (κ1) is 15.7. The van der Waals surface area contributed by atoms with Gasteiger partial charge in [0.05, 0.1) is 0 Å². The summed E-state index contributed by atoms with van der Waals surface area (Å²) in [7, 11) is 1.73. The smallest absolute Gasteiger partial charge is 0.323 e. The highest BCUT2D eigenvalue weighted by Gasteiger charge is 2.35. The van der Waals surface area contributed by atoms with Gasteiger partial charge in [-0.25, -0.2) is 0 Å². The lowest BCUT2D eigenvalue weighted by atomic mass is 9.95. The summed E-state index contributed by atoms with van der Waals surface area (Å²) >= 11 is 0. The topological polar surface area (TPSA) is 55.8 Å². The van der Waals surface area contributed by atoms with Gasteiger partial charge in [-0.2, -0.15) is 0 Å². The van der Waals surface area contributed by atoms with E-state index < -0.39 is 11.5 Å². The van der Waals surface area contributed by atoms with E-state index in [9.17, 15) is 9.90 Å². The lowest BCUT2D eigenvalue weighted by molar-refractivity contribution is -0.144. The van der Waals surface area contributed by atoms with Gasteiger partial charge in [0.15, 0.2) is 0 Å². The van der Waals surface area contributed by atoms with Gasteiger partial charge in [-0.3, -0.25) is 14.6 Å². The van der Waals surface area contributed by atoms with Crippen LogP contribution < -0.4 is 5.32 Å². The van der Waals surface area contributed by atoms with Gasteiger partial charge in [0, 0.05) is 25.2 Å². The quantitative estimate of drug-likeness (QED) is 0.761. The predicted molar refractivity (Wildman–Crippen MR) is 80.0 cm³/mol. The Labute approximate surface area is 122 Å². The number of fused-ring (bicyclic) bond motifs is 1. The van der Waals surface area contributed by atoms with E-state index in [-0.39, 0.29) is 0 Å². The third-order valence-electron chi connectivity index (χ3n) is 5.21. The van der Waals surface area contributed by atoms with Crippen molar-refractivity contribution < 1.29 is 9.90 Å². The van der Waals surface area contributed by atoms with Crippen molar-refractivity contribution in [3.05, 3.63) is 0 Å². The maximum Gasteiger partial charge on any atom is 0.323 e. The number of nitrogens with zero attached hydrogens (tertiary/aromatic N) is 2. The van der Waals surface area contributed by atoms with Crippen LogP contribution in [0.25, 0.3) is 0 Å². The van der Waals surface area contributed by atoms with Crippen molar-refractivity contribution in [1.82, 2.24) is 15.1 Å². The molecule has 3 atom stereocenters. The highest BCUT2D eigenvalue weighted by Crippen LogP contribution is 2.25. The fraction of sp³-hybridized carbons (Fsp3) is 0.933. The molecular weight excluding hydrogens is 254 g/mol. The summed E-state index contributed by atoms with van der Waals surface area (Å²) < 4.78 is 0. The second-order valence-electron chi connectivity index (χ2n) is 6.63. The molecule has 0 aliphatic carbocycles. The molecule has 0 radical (unpaired) electrons. The third kappa shape index (κ3) is 3.32. The Morgan fingerprint density at radius 2 is 2.20 bits per heavy atom. The van der Waals surface area contributed by atoms with Gasteiger partial charge in [0.1, 0.15) is 5.54 Å². The van der Waals surface area contributed by atoms with Gasteiger partial charge in [0.25, 0.3) is 0 Å². The number of nitrogens with one attached hydrogen (secondary N) is 1. The molecule has 2 fully saturated rings. The number of carbonyl (C=O) groups is 1. The van der Waals surface area contributed by atoms with E-state index in [2.05, 4.69) is 22.0 Å². The Hall–Kier alpha value is -0.650. The van der Waals surface area contributed by atoms with E-state index in [0.29, 0.717) is 12.5 Å². The fourth-order valence-corrected chi connectivity index (χ4v) is 3.53. The summed E-state index contributed by atoms with van der Waals surface area (Å²) in [5.41, 5.74) is -0.793. The van der Waals surface area contributed by atoms with Crippen molar-refractivity contribution in [3.63, 3.8) is 0 Å². The van der Waals surface area contributed by atoms with Crippen LogP contribution in [0, 0.1) is 0 Å². The van der Waals surface area contributed by atoms with Crippen LogP contribution in [0.2, 0.25) is 0 Å². The number of piperazine rings is 1. The normalized spacial score (nSPS) is 30.9. The maximum atomic E-state index is 11.3. The summed E-state index contributed by atoms with van der Waals surface area (Å²) in [6.45, 7) is 8.67. The molecule has 2 saturated heterocycles. The molecule has 116 valence electrons. The lowest BCUT2D eigenvalue weighted by Crippen LogP contribution is -2.55. The Morgan fingerprint density at radius 3 is 2.85 bits per heavy atom. The number of rotatable bonds is 6. The number of carboxylic acid groups (broad SMARTS) is 1. The maximum absolute atomic E-state index is 11.3. The van der Waals surface area contributed by atoms with E-state index in [4.69, 9.17) is 0 Å². The van der Waals surface area contributed by atoms with Crippen LogP contribution >= 0.6 is 0 Å². The van der Waals surface area contributed by atoms with E-state index in [0.717, 1.165) is 25.6 Å². The van der Waals surface area contributed by atoms with Crippen LogP contribution in [0.5, 0.6) is 0 Å². The van der Waals surface area contributed by atoms with E-state index in [1.54, 1.807) is 14.0 Å². The van der Waals surface area contributed by atoms with Crippen LogP contribution in [-0.2, 0) is 4.79 Å². The van der Waals surface area contributed by atoms with Gasteiger partial charge in [0.2, 0.25) is 0 Å². The molecule has 0 aromatic rings. The summed E-state index contributed by atoms with van der Waals surface area (Å²) in [5.74, 6) is -0.756. The Bertz CT molecular complexity index is 350. The van der Waals surface area contributed by atoms with Gasteiger partial charge in [-0.05, 0) is 59.7 Å². The number of likely N-dealkylation sites (N-methyl/N-ethyl adjacent to an activating group) is 1. The zero-order valence-corrected chi connectivity index (χ0v) is 13.1. The van der Waals surface area contributed by atoms with Crippen LogP contribution in [0.1, 0.15) is 39.5 Å². The zero-order chi connectivity index (χ0) is 14.8. The fourth-order valence-electron chi connectivity index (χ4n) is 3.53. The van der Waals surface area contributed by atoms with Crippen LogP contribution in [0.3, 0.4) is 0 Å². The molecule has 2 aliphatic heterocycles. The molecule has 0 amide bonds. The molecule has 0 aromatic carbocycles. The van der Waals surface area contributed by atoms with Crippen LogP contribution in [0.4, 0.5) is 0 Å². The predicted octanol–water partition coefficient (Wildman–Crippen LogP) is 0.998. The third-order valence-corrected chi connectivity index (χ3v) is 5.21. The number of carboxylic acids is 1. The van der Waals surface area contributed by atoms with Crippen molar-refractivity contribution in [2.45, 2.75) is 57.2 Å². The molecule has 5 nitrogen and oxygen atoms in total. The average Bonchev–Trinajstić information content (AvgIpc) is 2.85. The van der Waals surface area contributed by atoms with Crippen molar-refractivity contribution in [2.75, 3.05) is 33.2 Å². The number of aliphatic carboxylic acids is 1. The molecule has 2 N–H and O–H groups in total. The highest BCUT2D eigenvalue weighted by atomic mass is 16.4. The van der Waals surface area contributed by atoms with E-state index in [1.807, 2.05) is 0 Å². The van der Waals surface area contributed by atoms with Crippen molar-refractivity contribution >= 4 is 5.97 Å². The molecular formula is C15H29N3O2. The average molecular weight is 283 g/mol. The Kier molecular flexibility index (Phi) is 5.04. The Balaban J connectivity index is 1.80. The molecule has 3 unspecified atom stereocenters. The lowest BCUT2D eigenvalue weighted by Gasteiger charge is -2.42. The van der Waals surface area contributed by atoms with Gasteiger partial charge >= 0.3 is 5.97 Å². The summed E-state index contributed by atoms with van der Waals surface area (Å²) in [4.78, 5) is 16.4. The second-order valence-corrected chi connectivity index (χ2v) is 6.63. The molecule has 0 bridgehead atoms. The monoisotopic (exact) mass is 283 g/mol. The summed E-state index contributed by atoms with van der Waals surface area (Å²) in [6.07, 6.45) is 4.27. The molecule has 2 heterocycles. The summed E-state index contributed by atoms with van der Waals surface area (Å²) in [5, 5.41) is 12.2.